The van der Waals surface area contributed by atoms with Gasteiger partial charge in [0.2, 0.25) is 0 Å². The number of hydrogen-bond donors (Lipinski definition) is 0. The van der Waals surface area contributed by atoms with Gasteiger partial charge in [-0.1, -0.05) is 41.9 Å². The first-order valence-electron chi connectivity index (χ1n) is 7.15. The normalized spacial score (nSPS) is 18.7. The molecule has 0 amide bonds. The molecule has 0 aliphatic heterocycles. The van der Waals surface area contributed by atoms with Crippen LogP contribution in [0.4, 0.5) is 5.69 Å². The van der Waals surface area contributed by atoms with Crippen molar-refractivity contribution >= 4 is 33.1 Å². The summed E-state index contributed by atoms with van der Waals surface area (Å²) < 4.78 is 0. The molecule has 0 fully saturated rings. The fourth-order valence-electron chi connectivity index (χ4n) is 2.63. The number of anilines is 1. The summed E-state index contributed by atoms with van der Waals surface area (Å²) in [5.41, 5.74) is 3.96. The molecule has 1 unspecified atom stereocenters. The summed E-state index contributed by atoms with van der Waals surface area (Å²) in [5, 5.41) is 0. The van der Waals surface area contributed by atoms with Crippen LogP contribution in [0.5, 0.6) is 0 Å². The number of para-hydroxylation sites is 1. The minimum Gasteiger partial charge on any atom is -0.341 e. The summed E-state index contributed by atoms with van der Waals surface area (Å²) in [6.07, 6.45) is 9.05. The van der Waals surface area contributed by atoms with E-state index >= 15 is 0 Å². The number of thioether (sulfide) groups is 1. The Labute approximate surface area is 128 Å². The molecule has 0 bridgehead atoms. The number of nitrogens with zero attached hydrogens (tertiary/aromatic N) is 1. The van der Waals surface area contributed by atoms with E-state index in [4.69, 9.17) is 0 Å². The molecule has 0 spiro atoms. The lowest BCUT2D eigenvalue weighted by Gasteiger charge is -2.28. The maximum Gasteiger partial charge on any atom is 0.141 e. The van der Waals surface area contributed by atoms with Crippen molar-refractivity contribution in [3.63, 3.8) is 0 Å². The first-order chi connectivity index (χ1) is 9.67. The molecule has 2 rings (SSSR count). The van der Waals surface area contributed by atoms with E-state index in [1.165, 1.54) is 21.8 Å². The molecule has 102 valence electrons. The highest BCUT2D eigenvalue weighted by Crippen LogP contribution is 2.33. The van der Waals surface area contributed by atoms with Crippen molar-refractivity contribution in [3.05, 3.63) is 64.6 Å². The summed E-state index contributed by atoms with van der Waals surface area (Å²) in [6.45, 7) is 3.18. The Morgan fingerprint density at radius 3 is 2.55 bits per heavy atom. The molecule has 1 aliphatic carbocycles. The van der Waals surface area contributed by atoms with E-state index in [-0.39, 0.29) is 0 Å². The Kier molecular flexibility index (Phi) is 5.24. The van der Waals surface area contributed by atoms with Crippen LogP contribution in [0.3, 0.4) is 0 Å². The second kappa shape index (κ2) is 6.94. The molecule has 0 aromatic heterocycles. The van der Waals surface area contributed by atoms with E-state index in [9.17, 15) is 0 Å². The van der Waals surface area contributed by atoms with Gasteiger partial charge in [0, 0.05) is 22.8 Å². The van der Waals surface area contributed by atoms with Crippen molar-refractivity contribution in [2.75, 3.05) is 17.7 Å². The van der Waals surface area contributed by atoms with Crippen LogP contribution in [0.1, 0.15) is 6.92 Å². The lowest BCUT2D eigenvalue weighted by atomic mass is 9.81. The van der Waals surface area contributed by atoms with Crippen molar-refractivity contribution in [3.8, 4) is 0 Å². The van der Waals surface area contributed by atoms with Crippen LogP contribution in [0, 0.1) is 0 Å². The maximum atomic E-state index is 2.40. The number of likely N-dealkylation sites (N-methyl/N-ethyl adjacent to an activating group) is 1. The highest BCUT2D eigenvalue weighted by atomic mass is 32.2. The Hall–Kier alpha value is -1.28. The Bertz CT molecular complexity index is 549. The van der Waals surface area contributed by atoms with Crippen LogP contribution in [0.15, 0.2) is 64.6 Å². The lowest BCUT2D eigenvalue weighted by Crippen LogP contribution is -2.24. The highest BCUT2D eigenvalue weighted by Gasteiger charge is 2.17. The molecule has 1 nitrogen and oxygen atoms in total. The Balaban J connectivity index is 2.52. The Morgan fingerprint density at radius 1 is 1.25 bits per heavy atom. The third-order valence-corrected chi connectivity index (χ3v) is 4.31. The van der Waals surface area contributed by atoms with Crippen LogP contribution in [-0.2, 0) is 0 Å². The van der Waals surface area contributed by atoms with Gasteiger partial charge in [0.15, 0.2) is 0 Å². The van der Waals surface area contributed by atoms with Gasteiger partial charge in [-0.2, -0.15) is 0 Å². The summed E-state index contributed by atoms with van der Waals surface area (Å²) in [5.74, 6) is 0.490. The number of hydrogen-bond acceptors (Lipinski definition) is 2. The van der Waals surface area contributed by atoms with E-state index in [1.807, 2.05) is 11.8 Å². The molecule has 1 aromatic carbocycles. The van der Waals surface area contributed by atoms with Gasteiger partial charge in [0.1, 0.15) is 15.7 Å². The fraction of sp³-hybridized carbons (Fsp3) is 0.250. The van der Waals surface area contributed by atoms with Crippen LogP contribution >= 0.6 is 11.8 Å². The zero-order valence-corrected chi connectivity index (χ0v) is 13.6. The predicted octanol–water partition coefficient (Wildman–Crippen LogP) is 2.60. The minimum absolute atomic E-state index is 0.490. The molecule has 4 heteroatoms. The van der Waals surface area contributed by atoms with Gasteiger partial charge in [-0.25, -0.2) is 0 Å². The van der Waals surface area contributed by atoms with Crippen molar-refractivity contribution in [1.29, 1.82) is 0 Å². The van der Waals surface area contributed by atoms with Crippen molar-refractivity contribution in [2.45, 2.75) is 12.7 Å². The highest BCUT2D eigenvalue weighted by molar-refractivity contribution is 8.02. The molecule has 0 saturated heterocycles. The summed E-state index contributed by atoms with van der Waals surface area (Å²) in [4.78, 5) is 3.74. The first-order valence-corrected chi connectivity index (χ1v) is 8.37. The molecule has 1 atom stereocenters. The van der Waals surface area contributed by atoms with Crippen molar-refractivity contribution in [2.24, 2.45) is 0 Å². The van der Waals surface area contributed by atoms with Crippen LogP contribution < -0.4 is 4.90 Å². The lowest BCUT2D eigenvalue weighted by molar-refractivity contribution is 0.971. The first kappa shape index (κ1) is 15.1. The van der Waals surface area contributed by atoms with Gasteiger partial charge in [0.25, 0.3) is 0 Å². The molecule has 0 N–H and O–H groups in total. The smallest absolute Gasteiger partial charge is 0.141 e. The maximum absolute atomic E-state index is 2.40. The van der Waals surface area contributed by atoms with Crippen LogP contribution in [0.2, 0.25) is 5.82 Å². The zero-order valence-electron chi connectivity index (χ0n) is 12.8. The van der Waals surface area contributed by atoms with Crippen molar-refractivity contribution in [1.82, 2.24) is 0 Å². The van der Waals surface area contributed by atoms with Crippen LogP contribution in [-0.4, -0.2) is 28.5 Å². The minimum atomic E-state index is 0.490. The van der Waals surface area contributed by atoms with Gasteiger partial charge in [-0.05, 0) is 31.1 Å². The molecular formula is C16H21B2NS. The third-order valence-electron chi connectivity index (χ3n) is 3.54. The van der Waals surface area contributed by atoms with Gasteiger partial charge in [0.05, 0.1) is 0 Å². The predicted molar refractivity (Wildman–Crippen MR) is 98.1 cm³/mol. The summed E-state index contributed by atoms with van der Waals surface area (Å²) in [6, 6.07) is 10.6. The molecule has 20 heavy (non-hydrogen) atoms. The Morgan fingerprint density at radius 2 is 1.95 bits per heavy atom. The average molecular weight is 281 g/mol. The third kappa shape index (κ3) is 3.24. The molecule has 0 heterocycles. The van der Waals surface area contributed by atoms with Crippen molar-refractivity contribution < 1.29 is 0 Å². The quantitative estimate of drug-likeness (QED) is 0.780. The van der Waals surface area contributed by atoms with Gasteiger partial charge in [-0.15, -0.1) is 11.8 Å². The average Bonchev–Trinajstić information content (AvgIpc) is 2.60. The van der Waals surface area contributed by atoms with Gasteiger partial charge < -0.3 is 4.90 Å². The molecule has 1 aromatic rings. The second-order valence-corrected chi connectivity index (χ2v) is 5.91. The zero-order chi connectivity index (χ0) is 14.5. The number of allylic oxidation sites excluding steroid dienone is 4. The standard InChI is InChI=1S/C16H21B2NS/c1-3-19(13-7-5-4-6-8-13)16-14(18)11-12(17)9-10-15(16)20-2/h4-12H,3,17-18H2,1-2H3. The molecule has 1 aliphatic rings. The van der Waals surface area contributed by atoms with Gasteiger partial charge >= 0.3 is 0 Å². The van der Waals surface area contributed by atoms with E-state index in [0.717, 1.165) is 6.54 Å². The molecular weight excluding hydrogens is 260 g/mol. The SMILES string of the molecule is BC1=CC(B)C=CC(SC)=C1N(CC)c1ccccc1. The fourth-order valence-corrected chi connectivity index (χ4v) is 3.31. The number of benzene rings is 1. The van der Waals surface area contributed by atoms with Gasteiger partial charge in [-0.3, -0.25) is 0 Å². The van der Waals surface area contributed by atoms with E-state index < -0.39 is 0 Å². The topological polar surface area (TPSA) is 3.24 Å². The second-order valence-electron chi connectivity index (χ2n) is 5.06. The monoisotopic (exact) mass is 281 g/mol. The molecule has 0 saturated carbocycles. The van der Waals surface area contributed by atoms with E-state index in [0.29, 0.717) is 5.82 Å². The summed E-state index contributed by atoms with van der Waals surface area (Å²) >= 11 is 1.82. The van der Waals surface area contributed by atoms with E-state index in [2.05, 4.69) is 82.3 Å². The van der Waals surface area contributed by atoms with Crippen LogP contribution in [0.25, 0.3) is 0 Å². The number of rotatable bonds is 4. The summed E-state index contributed by atoms with van der Waals surface area (Å²) in [7, 11) is 4.46. The van der Waals surface area contributed by atoms with E-state index in [1.54, 1.807) is 0 Å². The molecule has 0 radical (unpaired) electrons. The largest absolute Gasteiger partial charge is 0.341 e.